The quantitative estimate of drug-likeness (QED) is 0.757. The summed E-state index contributed by atoms with van der Waals surface area (Å²) in [6.45, 7) is 3.96. The van der Waals surface area contributed by atoms with E-state index in [-0.39, 0.29) is 11.0 Å². The van der Waals surface area contributed by atoms with Gasteiger partial charge in [-0.2, -0.15) is 15.2 Å². The van der Waals surface area contributed by atoms with Crippen molar-refractivity contribution in [2.45, 2.75) is 25.2 Å². The molecule has 3 aromatic rings. The van der Waals surface area contributed by atoms with Crippen LogP contribution < -0.4 is 10.5 Å². The van der Waals surface area contributed by atoms with Crippen molar-refractivity contribution in [1.29, 1.82) is 0 Å². The van der Waals surface area contributed by atoms with Crippen molar-refractivity contribution in [2.75, 3.05) is 18.0 Å². The molecule has 24 heavy (non-hydrogen) atoms. The van der Waals surface area contributed by atoms with Gasteiger partial charge >= 0.3 is 0 Å². The van der Waals surface area contributed by atoms with Gasteiger partial charge in [-0.3, -0.25) is 19.1 Å². The first-order valence-corrected chi connectivity index (χ1v) is 8.13. The van der Waals surface area contributed by atoms with Crippen molar-refractivity contribution in [3.05, 3.63) is 34.5 Å². The molecule has 4 heterocycles. The number of aryl methyl sites for hydroxylation is 2. The zero-order valence-corrected chi connectivity index (χ0v) is 14.2. The molecule has 0 atom stereocenters. The molecule has 0 aliphatic carbocycles. The third-order valence-corrected chi connectivity index (χ3v) is 5.20. The Balaban J connectivity index is 1.61. The number of hydrogen-bond acceptors (Lipinski definition) is 5. The molecule has 0 aromatic carbocycles. The van der Waals surface area contributed by atoms with E-state index in [1.54, 1.807) is 17.9 Å². The van der Waals surface area contributed by atoms with Gasteiger partial charge in [0.05, 0.1) is 6.20 Å². The topological polar surface area (TPSA) is 84.6 Å². The summed E-state index contributed by atoms with van der Waals surface area (Å²) >= 11 is 0. The molecule has 1 N–H and O–H groups in total. The number of nitrogens with one attached hydrogen (secondary N) is 1. The molecule has 3 aromatic heterocycles. The smallest absolute Gasteiger partial charge is 0.263 e. The van der Waals surface area contributed by atoms with Crippen LogP contribution in [-0.2, 0) is 19.5 Å². The zero-order chi connectivity index (χ0) is 16.9. The summed E-state index contributed by atoms with van der Waals surface area (Å²) in [6, 6.07) is 2.09. The van der Waals surface area contributed by atoms with E-state index in [2.05, 4.69) is 38.1 Å². The van der Waals surface area contributed by atoms with E-state index >= 15 is 0 Å². The monoisotopic (exact) mass is 327 g/mol. The lowest BCUT2D eigenvalue weighted by molar-refractivity contribution is 0.339. The summed E-state index contributed by atoms with van der Waals surface area (Å²) < 4.78 is 3.59. The fraction of sp³-hybridized carbons (Fsp3) is 0.500. The average Bonchev–Trinajstić information content (AvgIpc) is 3.15. The van der Waals surface area contributed by atoms with Gasteiger partial charge in [0.2, 0.25) is 5.95 Å². The van der Waals surface area contributed by atoms with Crippen molar-refractivity contribution < 1.29 is 0 Å². The molecule has 1 aliphatic heterocycles. The summed E-state index contributed by atoms with van der Waals surface area (Å²) in [5, 5.41) is 8.94. The molecular formula is C16H21N7O. The summed E-state index contributed by atoms with van der Waals surface area (Å²) in [6.07, 6.45) is 5.38. The average molecular weight is 327 g/mol. The lowest BCUT2D eigenvalue weighted by atomic mass is 9.77. The first-order chi connectivity index (χ1) is 11.5. The number of fused-ring (bicyclic) bond motifs is 1. The van der Waals surface area contributed by atoms with Gasteiger partial charge in [-0.15, -0.1) is 0 Å². The minimum atomic E-state index is -0.136. The minimum absolute atomic E-state index is 0.0959. The van der Waals surface area contributed by atoms with E-state index in [9.17, 15) is 4.79 Å². The maximum atomic E-state index is 12.2. The highest BCUT2D eigenvalue weighted by Crippen LogP contribution is 2.35. The van der Waals surface area contributed by atoms with Gasteiger partial charge in [0.15, 0.2) is 5.65 Å². The van der Waals surface area contributed by atoms with Gasteiger partial charge in [-0.05, 0) is 18.9 Å². The molecule has 0 unspecified atom stereocenters. The zero-order valence-electron chi connectivity index (χ0n) is 14.2. The number of rotatable bonds is 2. The van der Waals surface area contributed by atoms with Crippen LogP contribution in [0.3, 0.4) is 0 Å². The van der Waals surface area contributed by atoms with E-state index < -0.39 is 0 Å². The van der Waals surface area contributed by atoms with Gasteiger partial charge in [0.25, 0.3) is 5.56 Å². The van der Waals surface area contributed by atoms with E-state index in [4.69, 9.17) is 0 Å². The lowest BCUT2D eigenvalue weighted by Gasteiger charge is -2.39. The molecule has 1 fully saturated rings. The van der Waals surface area contributed by atoms with Crippen molar-refractivity contribution in [1.82, 2.24) is 29.5 Å². The van der Waals surface area contributed by atoms with Gasteiger partial charge in [0.1, 0.15) is 5.39 Å². The van der Waals surface area contributed by atoms with E-state index in [1.807, 2.05) is 17.9 Å². The Bertz CT molecular complexity index is 943. The van der Waals surface area contributed by atoms with Gasteiger partial charge in [-0.25, -0.2) is 0 Å². The van der Waals surface area contributed by atoms with Crippen LogP contribution in [0.1, 0.15) is 25.5 Å². The first-order valence-electron chi connectivity index (χ1n) is 8.13. The second kappa shape index (κ2) is 5.19. The predicted octanol–water partition coefficient (Wildman–Crippen LogP) is 0.948. The largest absolute Gasteiger partial charge is 0.342 e. The number of piperidine rings is 1. The van der Waals surface area contributed by atoms with Crippen LogP contribution in [0.2, 0.25) is 0 Å². The second-order valence-corrected chi connectivity index (χ2v) is 6.78. The van der Waals surface area contributed by atoms with E-state index in [0.29, 0.717) is 17.0 Å². The third-order valence-electron chi connectivity index (χ3n) is 5.20. The lowest BCUT2D eigenvalue weighted by Crippen LogP contribution is -2.43. The Morgan fingerprint density at radius 2 is 1.92 bits per heavy atom. The number of nitrogens with zero attached hydrogens (tertiary/aromatic N) is 6. The van der Waals surface area contributed by atoms with Crippen LogP contribution in [0.5, 0.6) is 0 Å². The number of hydrogen-bond donors (Lipinski definition) is 1. The maximum absolute atomic E-state index is 12.2. The van der Waals surface area contributed by atoms with Crippen LogP contribution >= 0.6 is 0 Å². The highest BCUT2D eigenvalue weighted by Gasteiger charge is 2.34. The summed E-state index contributed by atoms with van der Waals surface area (Å²) in [5.74, 6) is 0.628. The fourth-order valence-corrected chi connectivity index (χ4v) is 3.60. The number of aromatic nitrogens is 6. The molecule has 0 radical (unpaired) electrons. The van der Waals surface area contributed by atoms with Crippen molar-refractivity contribution in [3.8, 4) is 0 Å². The van der Waals surface area contributed by atoms with Crippen molar-refractivity contribution in [3.63, 3.8) is 0 Å². The fourth-order valence-electron chi connectivity index (χ4n) is 3.60. The standard InChI is InChI=1S/C16H21N7O/c1-16(12-4-7-17-21(12)2)5-8-23(9-6-16)15-19-13-11(14(24)20-15)10-18-22(13)3/h4,7,10H,5-6,8-9H2,1-3H3,(H,19,20,24). The maximum Gasteiger partial charge on any atom is 0.263 e. The highest BCUT2D eigenvalue weighted by atomic mass is 16.1. The SMILES string of the molecule is Cn1nccc1C1(C)CCN(c2nc3c(cnn3C)c(=O)[nH]2)CC1. The first kappa shape index (κ1) is 14.9. The van der Waals surface area contributed by atoms with Crippen LogP contribution in [0.4, 0.5) is 5.95 Å². The molecule has 1 aliphatic rings. The van der Waals surface area contributed by atoms with Crippen LogP contribution in [0.25, 0.3) is 11.0 Å². The molecule has 0 saturated carbocycles. The Labute approximate surface area is 139 Å². The molecule has 8 heteroatoms. The number of H-pyrrole nitrogens is 1. The third kappa shape index (κ3) is 2.21. The molecule has 8 nitrogen and oxygen atoms in total. The summed E-state index contributed by atoms with van der Waals surface area (Å²) in [4.78, 5) is 21.9. The van der Waals surface area contributed by atoms with Crippen molar-refractivity contribution >= 4 is 17.0 Å². The van der Waals surface area contributed by atoms with Crippen LogP contribution in [-0.4, -0.2) is 42.6 Å². The van der Waals surface area contributed by atoms with E-state index in [1.165, 1.54) is 5.69 Å². The molecule has 0 spiro atoms. The van der Waals surface area contributed by atoms with Gasteiger partial charge in [0, 0.05) is 44.5 Å². The molecule has 126 valence electrons. The van der Waals surface area contributed by atoms with Crippen LogP contribution in [0.15, 0.2) is 23.3 Å². The summed E-state index contributed by atoms with van der Waals surface area (Å²) in [7, 11) is 3.79. The molecular weight excluding hydrogens is 306 g/mol. The van der Waals surface area contributed by atoms with Gasteiger partial charge in [-0.1, -0.05) is 6.92 Å². The summed E-state index contributed by atoms with van der Waals surface area (Å²) in [5.41, 5.74) is 1.83. The Morgan fingerprint density at radius 1 is 1.17 bits per heavy atom. The van der Waals surface area contributed by atoms with Gasteiger partial charge < -0.3 is 4.90 Å². The number of anilines is 1. The molecule has 0 bridgehead atoms. The highest BCUT2D eigenvalue weighted by molar-refractivity contribution is 5.74. The van der Waals surface area contributed by atoms with Crippen LogP contribution in [0, 0.1) is 0 Å². The number of aromatic amines is 1. The Kier molecular flexibility index (Phi) is 3.22. The normalized spacial score (nSPS) is 17.5. The molecule has 1 saturated heterocycles. The second-order valence-electron chi connectivity index (χ2n) is 6.78. The minimum Gasteiger partial charge on any atom is -0.342 e. The predicted molar refractivity (Wildman–Crippen MR) is 91.1 cm³/mol. The van der Waals surface area contributed by atoms with E-state index in [0.717, 1.165) is 25.9 Å². The molecule has 0 amide bonds. The molecule has 4 rings (SSSR count). The Morgan fingerprint density at radius 3 is 2.58 bits per heavy atom. The van der Waals surface area contributed by atoms with Crippen molar-refractivity contribution in [2.24, 2.45) is 14.1 Å². The Hall–Kier alpha value is -2.64.